The summed E-state index contributed by atoms with van der Waals surface area (Å²) in [7, 11) is 0. The lowest BCUT2D eigenvalue weighted by Gasteiger charge is -1.93. The molecule has 12 heavy (non-hydrogen) atoms. The van der Waals surface area contributed by atoms with Gasteiger partial charge in [0.15, 0.2) is 0 Å². The first-order chi connectivity index (χ1) is 5.74. The summed E-state index contributed by atoms with van der Waals surface area (Å²) in [6.45, 7) is 7.77. The molecule has 68 valence electrons. The predicted molar refractivity (Wildman–Crippen MR) is 50.0 cm³/mol. The summed E-state index contributed by atoms with van der Waals surface area (Å²) in [5.74, 6) is 0.605. The Morgan fingerprint density at radius 1 is 1.50 bits per heavy atom. The summed E-state index contributed by atoms with van der Waals surface area (Å²) in [5.41, 5.74) is 1.33. The van der Waals surface area contributed by atoms with Crippen LogP contribution in [-0.2, 0) is 6.54 Å². The van der Waals surface area contributed by atoms with E-state index in [1.807, 2.05) is 0 Å². The van der Waals surface area contributed by atoms with E-state index in [0.29, 0.717) is 5.92 Å². The largest absolute Gasteiger partial charge is 0.247 e. The molecule has 0 aliphatic rings. The van der Waals surface area contributed by atoms with Crippen LogP contribution in [0.5, 0.6) is 0 Å². The van der Waals surface area contributed by atoms with Crippen LogP contribution in [0.3, 0.4) is 0 Å². The topological polar surface area (TPSA) is 19.7 Å². The highest BCUT2D eigenvalue weighted by atomic mass is 15.0. The summed E-state index contributed by atoms with van der Waals surface area (Å²) in [5, 5.41) is 0. The molecule has 1 N–H and O–H groups in total. The van der Waals surface area contributed by atoms with E-state index in [1.165, 1.54) is 18.5 Å². The highest BCUT2D eigenvalue weighted by Gasteiger charge is 2.07. The van der Waals surface area contributed by atoms with Crippen molar-refractivity contribution in [2.24, 2.45) is 0 Å². The fourth-order valence-corrected chi connectivity index (χ4v) is 1.20. The first-order valence-corrected chi connectivity index (χ1v) is 4.81. The summed E-state index contributed by atoms with van der Waals surface area (Å²) < 4.78 is 2.23. The second kappa shape index (κ2) is 4.29. The number of nitrogens with zero attached hydrogens (tertiary/aromatic N) is 1. The van der Waals surface area contributed by atoms with Gasteiger partial charge in [0.25, 0.3) is 0 Å². The van der Waals surface area contributed by atoms with Crippen LogP contribution in [0, 0.1) is 0 Å². The minimum Gasteiger partial charge on any atom is -0.247 e. The number of rotatable bonds is 4. The van der Waals surface area contributed by atoms with E-state index in [9.17, 15) is 0 Å². The van der Waals surface area contributed by atoms with Gasteiger partial charge in [-0.1, -0.05) is 27.2 Å². The van der Waals surface area contributed by atoms with Crippen molar-refractivity contribution in [1.29, 1.82) is 0 Å². The second-order valence-electron chi connectivity index (χ2n) is 3.60. The van der Waals surface area contributed by atoms with Gasteiger partial charge in [-0.2, -0.15) is 0 Å². The first kappa shape index (κ1) is 9.30. The molecule has 0 aliphatic carbocycles. The SMILES string of the molecule is CCCC[n+]1c[nH]c(C(C)C)c1. The van der Waals surface area contributed by atoms with Gasteiger partial charge in [-0.25, -0.2) is 9.55 Å². The van der Waals surface area contributed by atoms with Crippen LogP contribution in [0.25, 0.3) is 0 Å². The minimum atomic E-state index is 0.605. The van der Waals surface area contributed by atoms with Crippen molar-refractivity contribution in [3.63, 3.8) is 0 Å². The molecule has 0 fully saturated rings. The van der Waals surface area contributed by atoms with Crippen molar-refractivity contribution in [2.45, 2.75) is 46.1 Å². The molecule has 1 rings (SSSR count). The van der Waals surface area contributed by atoms with E-state index in [2.05, 4.69) is 42.8 Å². The maximum Gasteiger partial charge on any atom is 0.241 e. The van der Waals surface area contributed by atoms with Crippen molar-refractivity contribution in [3.8, 4) is 0 Å². The van der Waals surface area contributed by atoms with Crippen LogP contribution in [-0.4, -0.2) is 4.98 Å². The molecule has 0 spiro atoms. The molecule has 2 heteroatoms. The normalized spacial score (nSPS) is 11.0. The van der Waals surface area contributed by atoms with Gasteiger partial charge < -0.3 is 0 Å². The van der Waals surface area contributed by atoms with E-state index >= 15 is 0 Å². The Balaban J connectivity index is 2.52. The van der Waals surface area contributed by atoms with Crippen LogP contribution < -0.4 is 4.57 Å². The number of nitrogens with one attached hydrogen (secondary N) is 1. The van der Waals surface area contributed by atoms with Gasteiger partial charge in [0, 0.05) is 5.92 Å². The van der Waals surface area contributed by atoms with Crippen LogP contribution in [0.1, 0.15) is 45.2 Å². The number of imidazole rings is 1. The smallest absolute Gasteiger partial charge is 0.241 e. The Morgan fingerprint density at radius 2 is 2.25 bits per heavy atom. The van der Waals surface area contributed by atoms with Crippen molar-refractivity contribution in [3.05, 3.63) is 18.2 Å². The summed E-state index contributed by atoms with van der Waals surface area (Å²) >= 11 is 0. The molecule has 1 aromatic heterocycles. The van der Waals surface area contributed by atoms with Crippen LogP contribution in [0.15, 0.2) is 12.5 Å². The highest BCUT2D eigenvalue weighted by Crippen LogP contribution is 2.07. The zero-order valence-corrected chi connectivity index (χ0v) is 8.30. The number of hydrogen-bond acceptors (Lipinski definition) is 0. The third-order valence-electron chi connectivity index (χ3n) is 2.09. The zero-order chi connectivity index (χ0) is 8.97. The number of H-pyrrole nitrogens is 1. The Bertz CT molecular complexity index is 225. The highest BCUT2D eigenvalue weighted by molar-refractivity contribution is 4.95. The van der Waals surface area contributed by atoms with Gasteiger partial charge in [-0.05, 0) is 6.42 Å². The molecule has 0 saturated carbocycles. The quantitative estimate of drug-likeness (QED) is 0.663. The number of unbranched alkanes of at least 4 members (excludes halogenated alkanes) is 1. The van der Waals surface area contributed by atoms with E-state index < -0.39 is 0 Å². The van der Waals surface area contributed by atoms with Gasteiger partial charge in [0.05, 0.1) is 6.54 Å². The van der Waals surface area contributed by atoms with Gasteiger partial charge in [0.1, 0.15) is 11.9 Å². The molecule has 0 amide bonds. The Hall–Kier alpha value is -0.790. The third-order valence-corrected chi connectivity index (χ3v) is 2.09. The summed E-state index contributed by atoms with van der Waals surface area (Å²) in [6.07, 6.45) is 6.79. The third kappa shape index (κ3) is 2.36. The number of aromatic amines is 1. The fourth-order valence-electron chi connectivity index (χ4n) is 1.20. The van der Waals surface area contributed by atoms with Crippen LogP contribution >= 0.6 is 0 Å². The van der Waals surface area contributed by atoms with Crippen molar-refractivity contribution >= 4 is 0 Å². The average Bonchev–Trinajstić information content (AvgIpc) is 2.48. The van der Waals surface area contributed by atoms with Crippen molar-refractivity contribution in [2.75, 3.05) is 0 Å². The lowest BCUT2D eigenvalue weighted by atomic mass is 10.2. The predicted octanol–water partition coefficient (Wildman–Crippen LogP) is 2.23. The molecule has 1 aromatic rings. The monoisotopic (exact) mass is 167 g/mol. The van der Waals surface area contributed by atoms with Crippen LogP contribution in [0.2, 0.25) is 0 Å². The minimum absolute atomic E-state index is 0.605. The molecule has 0 saturated heterocycles. The molecule has 0 atom stereocenters. The van der Waals surface area contributed by atoms with Crippen molar-refractivity contribution in [1.82, 2.24) is 4.98 Å². The van der Waals surface area contributed by atoms with E-state index in [0.717, 1.165) is 6.54 Å². The molecule has 0 unspecified atom stereocenters. The van der Waals surface area contributed by atoms with Gasteiger partial charge >= 0.3 is 0 Å². The maximum absolute atomic E-state index is 3.28. The van der Waals surface area contributed by atoms with E-state index in [1.54, 1.807) is 0 Å². The number of aryl methyl sites for hydroxylation is 1. The number of aromatic nitrogens is 2. The molecular formula is C10H19N2+. The molecule has 0 aliphatic heterocycles. The summed E-state index contributed by atoms with van der Waals surface area (Å²) in [6, 6.07) is 0. The molecule has 0 aromatic carbocycles. The number of hydrogen-bond donors (Lipinski definition) is 1. The molecule has 2 nitrogen and oxygen atoms in total. The Morgan fingerprint density at radius 3 is 2.75 bits per heavy atom. The molecule has 0 radical (unpaired) electrons. The van der Waals surface area contributed by atoms with Gasteiger partial charge in [-0.3, -0.25) is 0 Å². The maximum atomic E-state index is 3.28. The van der Waals surface area contributed by atoms with Gasteiger partial charge in [-0.15, -0.1) is 0 Å². The van der Waals surface area contributed by atoms with E-state index in [4.69, 9.17) is 0 Å². The van der Waals surface area contributed by atoms with Crippen LogP contribution in [0.4, 0.5) is 0 Å². The molecular weight excluding hydrogens is 148 g/mol. The van der Waals surface area contributed by atoms with Crippen molar-refractivity contribution < 1.29 is 4.57 Å². The zero-order valence-electron chi connectivity index (χ0n) is 8.30. The molecule has 0 bridgehead atoms. The Labute approximate surface area is 74.6 Å². The lowest BCUT2D eigenvalue weighted by molar-refractivity contribution is -0.696. The summed E-state index contributed by atoms with van der Waals surface area (Å²) in [4.78, 5) is 3.28. The standard InChI is InChI=1S/C10H18N2/c1-4-5-6-12-7-10(9(2)3)11-8-12/h7-9H,4-6H2,1-3H3/p+1. The average molecular weight is 167 g/mol. The first-order valence-electron chi connectivity index (χ1n) is 4.81. The fraction of sp³-hybridized carbons (Fsp3) is 0.700. The Kier molecular flexibility index (Phi) is 3.32. The van der Waals surface area contributed by atoms with Gasteiger partial charge in [0.2, 0.25) is 6.33 Å². The van der Waals surface area contributed by atoms with E-state index in [-0.39, 0.29) is 0 Å². The second-order valence-corrected chi connectivity index (χ2v) is 3.60. The molecule has 1 heterocycles. The lowest BCUT2D eigenvalue weighted by Crippen LogP contribution is -2.30.